The van der Waals surface area contributed by atoms with E-state index in [9.17, 15) is 9.59 Å². The molecule has 0 atom stereocenters. The second-order valence-electron chi connectivity index (χ2n) is 4.22. The number of amides is 1. The third-order valence-corrected chi connectivity index (χ3v) is 3.03. The van der Waals surface area contributed by atoms with Crippen molar-refractivity contribution in [2.45, 2.75) is 13.5 Å². The Morgan fingerprint density at radius 1 is 1.35 bits per heavy atom. The van der Waals surface area contributed by atoms with Gasteiger partial charge in [0.2, 0.25) is 5.91 Å². The van der Waals surface area contributed by atoms with E-state index < -0.39 is 0 Å². The molecule has 1 aliphatic heterocycles. The largest absolute Gasteiger partial charge is 0.339 e. The van der Waals surface area contributed by atoms with E-state index in [0.717, 1.165) is 31.9 Å². The molecule has 0 unspecified atom stereocenters. The van der Waals surface area contributed by atoms with Gasteiger partial charge in [0.15, 0.2) is 0 Å². The van der Waals surface area contributed by atoms with E-state index in [0.29, 0.717) is 0 Å². The zero-order valence-electron chi connectivity index (χ0n) is 9.98. The Hall–Kier alpha value is -1.62. The van der Waals surface area contributed by atoms with Crippen LogP contribution >= 0.6 is 0 Å². The number of carbonyl (C=O) groups excluding carboxylic acids is 1. The predicted molar refractivity (Wildman–Crippen MR) is 64.9 cm³/mol. The lowest BCUT2D eigenvalue weighted by Crippen LogP contribution is -2.48. The van der Waals surface area contributed by atoms with Crippen LogP contribution < -0.4 is 10.9 Å². The van der Waals surface area contributed by atoms with Crippen LogP contribution in [0.3, 0.4) is 0 Å². The number of hydrogen-bond donors (Lipinski definition) is 1. The molecule has 1 fully saturated rings. The van der Waals surface area contributed by atoms with Crippen LogP contribution in [-0.2, 0) is 11.3 Å². The molecule has 17 heavy (non-hydrogen) atoms. The van der Waals surface area contributed by atoms with Gasteiger partial charge in [-0.3, -0.25) is 9.59 Å². The zero-order chi connectivity index (χ0) is 12.3. The summed E-state index contributed by atoms with van der Waals surface area (Å²) in [6.07, 6.45) is 0. The molecule has 0 aromatic carbocycles. The van der Waals surface area contributed by atoms with Crippen LogP contribution in [0.2, 0.25) is 0 Å². The number of aryl methyl sites for hydroxylation is 1. The first-order chi connectivity index (χ1) is 8.18. The summed E-state index contributed by atoms with van der Waals surface area (Å²) in [5.41, 5.74) is 0.703. The van der Waals surface area contributed by atoms with Gasteiger partial charge < -0.3 is 14.8 Å². The first kappa shape index (κ1) is 11.9. The van der Waals surface area contributed by atoms with E-state index in [1.54, 1.807) is 11.0 Å². The van der Waals surface area contributed by atoms with Crippen LogP contribution in [0.5, 0.6) is 0 Å². The molecule has 0 radical (unpaired) electrons. The van der Waals surface area contributed by atoms with Crippen molar-refractivity contribution in [2.75, 3.05) is 26.2 Å². The summed E-state index contributed by atoms with van der Waals surface area (Å²) in [6, 6.07) is 5.04. The Labute approximate surface area is 100 Å². The highest BCUT2D eigenvalue weighted by molar-refractivity contribution is 5.76. The molecule has 2 rings (SSSR count). The highest BCUT2D eigenvalue weighted by atomic mass is 16.2. The lowest BCUT2D eigenvalue weighted by Gasteiger charge is -2.27. The standard InChI is InChI=1S/C12H17N3O2/c1-10-3-2-4-11(16)15(10)9-12(17)14-7-5-13-6-8-14/h2-4,13H,5-9H2,1H3. The van der Waals surface area contributed by atoms with Crippen molar-refractivity contribution in [1.29, 1.82) is 0 Å². The number of piperazine rings is 1. The summed E-state index contributed by atoms with van der Waals surface area (Å²) < 4.78 is 1.52. The zero-order valence-corrected chi connectivity index (χ0v) is 9.98. The molecule has 2 heterocycles. The van der Waals surface area contributed by atoms with Gasteiger partial charge in [0.1, 0.15) is 6.54 Å². The molecule has 1 aromatic heterocycles. The van der Waals surface area contributed by atoms with E-state index in [4.69, 9.17) is 0 Å². The van der Waals surface area contributed by atoms with Crippen molar-refractivity contribution in [3.8, 4) is 0 Å². The lowest BCUT2D eigenvalue weighted by atomic mass is 10.3. The van der Waals surface area contributed by atoms with E-state index in [1.165, 1.54) is 10.6 Å². The number of aromatic nitrogens is 1. The van der Waals surface area contributed by atoms with Crippen molar-refractivity contribution in [3.05, 3.63) is 34.2 Å². The molecule has 1 saturated heterocycles. The average molecular weight is 235 g/mol. The molecule has 0 spiro atoms. The van der Waals surface area contributed by atoms with Gasteiger partial charge >= 0.3 is 0 Å². The summed E-state index contributed by atoms with van der Waals surface area (Å²) >= 11 is 0. The summed E-state index contributed by atoms with van der Waals surface area (Å²) in [5.74, 6) is 0.0166. The molecule has 1 N–H and O–H groups in total. The number of hydrogen-bond acceptors (Lipinski definition) is 3. The minimum absolute atomic E-state index is 0.0166. The Balaban J connectivity index is 2.10. The number of nitrogens with one attached hydrogen (secondary N) is 1. The molecule has 0 aliphatic carbocycles. The second kappa shape index (κ2) is 5.14. The van der Waals surface area contributed by atoms with Crippen molar-refractivity contribution in [2.24, 2.45) is 0 Å². The fraction of sp³-hybridized carbons (Fsp3) is 0.500. The molecule has 1 amide bonds. The van der Waals surface area contributed by atoms with Gasteiger partial charge in [-0.25, -0.2) is 0 Å². The second-order valence-corrected chi connectivity index (χ2v) is 4.22. The Kier molecular flexibility index (Phi) is 3.58. The van der Waals surface area contributed by atoms with Crippen molar-refractivity contribution in [1.82, 2.24) is 14.8 Å². The minimum Gasteiger partial charge on any atom is -0.339 e. The monoisotopic (exact) mass is 235 g/mol. The summed E-state index contributed by atoms with van der Waals surface area (Å²) in [6.45, 7) is 5.08. The quantitative estimate of drug-likeness (QED) is 0.758. The normalized spacial score (nSPS) is 15.9. The Bertz CT molecular complexity index is 461. The van der Waals surface area contributed by atoms with Gasteiger partial charge in [0, 0.05) is 37.9 Å². The highest BCUT2D eigenvalue weighted by Crippen LogP contribution is 1.98. The smallest absolute Gasteiger partial charge is 0.251 e. The van der Waals surface area contributed by atoms with E-state index in [1.807, 2.05) is 13.0 Å². The van der Waals surface area contributed by atoms with Gasteiger partial charge in [-0.1, -0.05) is 6.07 Å². The predicted octanol–water partition coefficient (Wildman–Crippen LogP) is -0.411. The molecule has 5 heteroatoms. The number of pyridine rings is 1. The van der Waals surface area contributed by atoms with Crippen molar-refractivity contribution < 1.29 is 4.79 Å². The van der Waals surface area contributed by atoms with Crippen LogP contribution in [0.1, 0.15) is 5.69 Å². The molecular formula is C12H17N3O2. The van der Waals surface area contributed by atoms with Crippen LogP contribution in [-0.4, -0.2) is 41.6 Å². The summed E-state index contributed by atoms with van der Waals surface area (Å²) in [5, 5.41) is 3.19. The maximum absolute atomic E-state index is 12.0. The lowest BCUT2D eigenvalue weighted by molar-refractivity contribution is -0.132. The minimum atomic E-state index is -0.117. The van der Waals surface area contributed by atoms with Gasteiger partial charge in [-0.15, -0.1) is 0 Å². The molecule has 92 valence electrons. The van der Waals surface area contributed by atoms with Crippen LogP contribution in [0.25, 0.3) is 0 Å². The fourth-order valence-corrected chi connectivity index (χ4v) is 1.98. The maximum Gasteiger partial charge on any atom is 0.251 e. The Morgan fingerprint density at radius 2 is 2.06 bits per heavy atom. The summed E-state index contributed by atoms with van der Waals surface area (Å²) in [7, 11) is 0. The topological polar surface area (TPSA) is 54.3 Å². The first-order valence-corrected chi connectivity index (χ1v) is 5.83. The number of rotatable bonds is 2. The maximum atomic E-state index is 12.0. The molecule has 1 aromatic rings. The van der Waals surface area contributed by atoms with Crippen molar-refractivity contribution >= 4 is 5.91 Å². The van der Waals surface area contributed by atoms with E-state index in [-0.39, 0.29) is 18.0 Å². The fourth-order valence-electron chi connectivity index (χ4n) is 1.98. The van der Waals surface area contributed by atoms with Gasteiger partial charge in [0.05, 0.1) is 0 Å². The van der Waals surface area contributed by atoms with Gasteiger partial charge in [0.25, 0.3) is 5.56 Å². The average Bonchev–Trinajstić information content (AvgIpc) is 2.35. The van der Waals surface area contributed by atoms with Crippen LogP contribution in [0.15, 0.2) is 23.0 Å². The third-order valence-electron chi connectivity index (χ3n) is 3.03. The van der Waals surface area contributed by atoms with Gasteiger partial charge in [-0.2, -0.15) is 0 Å². The SMILES string of the molecule is Cc1cccc(=O)n1CC(=O)N1CCNCC1. The number of carbonyl (C=O) groups is 1. The molecule has 1 aliphatic rings. The van der Waals surface area contributed by atoms with E-state index in [2.05, 4.69) is 5.32 Å². The highest BCUT2D eigenvalue weighted by Gasteiger charge is 2.17. The third kappa shape index (κ3) is 2.74. The van der Waals surface area contributed by atoms with Crippen LogP contribution in [0.4, 0.5) is 0 Å². The molecule has 0 saturated carbocycles. The first-order valence-electron chi connectivity index (χ1n) is 5.83. The molecule has 0 bridgehead atoms. The summed E-state index contributed by atoms with van der Waals surface area (Å²) in [4.78, 5) is 25.4. The molecular weight excluding hydrogens is 218 g/mol. The number of nitrogens with zero attached hydrogens (tertiary/aromatic N) is 2. The Morgan fingerprint density at radius 3 is 2.71 bits per heavy atom. The van der Waals surface area contributed by atoms with Crippen molar-refractivity contribution in [3.63, 3.8) is 0 Å². The van der Waals surface area contributed by atoms with Crippen LogP contribution in [0, 0.1) is 6.92 Å². The van der Waals surface area contributed by atoms with E-state index >= 15 is 0 Å². The van der Waals surface area contributed by atoms with Gasteiger partial charge in [-0.05, 0) is 13.0 Å². The molecule has 5 nitrogen and oxygen atoms in total.